The van der Waals surface area contributed by atoms with Crippen LogP contribution in [0.25, 0.3) is 0 Å². The van der Waals surface area contributed by atoms with Gasteiger partial charge in [-0.25, -0.2) is 6.08 Å². The quantitative estimate of drug-likeness (QED) is 0.220. The van der Waals surface area contributed by atoms with Gasteiger partial charge in [0.25, 0.3) is 0 Å². The van der Waals surface area contributed by atoms with E-state index in [2.05, 4.69) is 97.9 Å². The molecule has 3 aromatic rings. The summed E-state index contributed by atoms with van der Waals surface area (Å²) in [6, 6.07) is 31.8. The first kappa shape index (κ1) is 26.6. The minimum absolute atomic E-state index is 0. The van der Waals surface area contributed by atoms with Crippen LogP contribution in [0.2, 0.25) is 0 Å². The molecule has 0 bridgehead atoms. The Morgan fingerprint density at radius 2 is 1.26 bits per heavy atom. The summed E-state index contributed by atoms with van der Waals surface area (Å²) in [4.78, 5) is 0. The molecule has 0 spiro atoms. The molecule has 0 amide bonds. The Kier molecular flexibility index (Phi) is 10.3. The molecule has 1 aliphatic rings. The summed E-state index contributed by atoms with van der Waals surface area (Å²) < 4.78 is 7.23. The predicted molar refractivity (Wildman–Crippen MR) is 138 cm³/mol. The van der Waals surface area contributed by atoms with Crippen LogP contribution in [0.1, 0.15) is 68.6 Å². The molecule has 0 saturated heterocycles. The third-order valence-corrected chi connectivity index (χ3v) is 7.45. The van der Waals surface area contributed by atoms with Gasteiger partial charge in [-0.15, -0.1) is 0 Å². The van der Waals surface area contributed by atoms with Crippen molar-refractivity contribution in [2.45, 2.75) is 63.6 Å². The molecule has 4 rings (SSSR count). The topological polar surface area (TPSA) is 9.23 Å². The van der Waals surface area contributed by atoms with Crippen LogP contribution in [0, 0.1) is 18.4 Å². The maximum atomic E-state index is 7.23. The molecule has 1 saturated carbocycles. The summed E-state index contributed by atoms with van der Waals surface area (Å²) in [5, 5.41) is 0. The molecule has 1 aliphatic carbocycles. The van der Waals surface area contributed by atoms with E-state index in [1.165, 1.54) is 32.1 Å². The van der Waals surface area contributed by atoms with Crippen LogP contribution < -0.4 is 18.9 Å². The summed E-state index contributed by atoms with van der Waals surface area (Å²) in [7, 11) is 0. The third-order valence-electron chi connectivity index (χ3n) is 7.45. The molecule has 0 aliphatic heterocycles. The zero-order chi connectivity index (χ0) is 22.9. The first-order valence-corrected chi connectivity index (χ1v) is 12.7. The van der Waals surface area contributed by atoms with Crippen molar-refractivity contribution in [3.63, 3.8) is 0 Å². The van der Waals surface area contributed by atoms with E-state index >= 15 is 0 Å². The van der Waals surface area contributed by atoms with Crippen molar-refractivity contribution in [3.8, 4) is 0 Å². The van der Waals surface area contributed by atoms with Gasteiger partial charge in [-0.3, -0.25) is 0 Å². The molecule has 0 heterocycles. The van der Waals surface area contributed by atoms with E-state index in [9.17, 15) is 0 Å². The summed E-state index contributed by atoms with van der Waals surface area (Å²) in [5.74, 6) is 1.27. The third kappa shape index (κ3) is 5.95. The first-order valence-electron chi connectivity index (χ1n) is 12.7. The molecule has 1 fully saturated rings. The van der Waals surface area contributed by atoms with E-state index in [0.29, 0.717) is 5.92 Å². The molecular formula is C32H37LiO. The zero-order valence-electron chi connectivity index (χ0n) is 20.9. The van der Waals surface area contributed by atoms with Crippen LogP contribution in [0.4, 0.5) is 0 Å². The fourth-order valence-electron chi connectivity index (χ4n) is 5.57. The average molecular weight is 445 g/mol. The first-order chi connectivity index (χ1) is 16.3. The average Bonchev–Trinajstić information content (AvgIpc) is 3.41. The second-order valence-electron chi connectivity index (χ2n) is 9.45. The maximum Gasteiger partial charge on any atom is 1.00 e. The van der Waals surface area contributed by atoms with Gasteiger partial charge < -0.3 is 11.3 Å². The molecule has 1 nitrogen and oxygen atoms in total. The SMILES string of the molecule is [CH-]=CC(OC(c1ccccc1)(c1ccccc1)c1ccccc1)C(CC)CCC1CCCC1.[Li+]. The summed E-state index contributed by atoms with van der Waals surface area (Å²) >= 11 is 0. The normalized spacial score (nSPS) is 15.9. The van der Waals surface area contributed by atoms with Crippen molar-refractivity contribution in [2.24, 2.45) is 11.8 Å². The molecule has 34 heavy (non-hydrogen) atoms. The van der Waals surface area contributed by atoms with E-state index in [-0.39, 0.29) is 25.0 Å². The molecule has 3 aromatic carbocycles. The van der Waals surface area contributed by atoms with Crippen LogP contribution in [0.5, 0.6) is 0 Å². The van der Waals surface area contributed by atoms with E-state index in [0.717, 1.165) is 35.4 Å². The summed E-state index contributed by atoms with van der Waals surface area (Å²) in [5.41, 5.74) is 2.64. The van der Waals surface area contributed by atoms with Crippen molar-refractivity contribution in [1.82, 2.24) is 0 Å². The summed E-state index contributed by atoms with van der Waals surface area (Å²) in [6.45, 7) is 8.60. The smallest absolute Gasteiger partial charge is 0.515 e. The van der Waals surface area contributed by atoms with Gasteiger partial charge in [0, 0.05) is 6.10 Å². The van der Waals surface area contributed by atoms with Gasteiger partial charge in [-0.05, 0) is 34.9 Å². The Morgan fingerprint density at radius 1 is 0.824 bits per heavy atom. The molecule has 2 unspecified atom stereocenters. The molecule has 2 atom stereocenters. The Balaban J connectivity index is 0.00000324. The van der Waals surface area contributed by atoms with Gasteiger partial charge in [-0.2, -0.15) is 0 Å². The fraction of sp³-hybridized carbons (Fsp3) is 0.375. The molecule has 0 N–H and O–H groups in total. The van der Waals surface area contributed by atoms with E-state index < -0.39 is 5.60 Å². The van der Waals surface area contributed by atoms with Crippen LogP contribution in [-0.4, -0.2) is 6.10 Å². The van der Waals surface area contributed by atoms with Crippen LogP contribution in [0.3, 0.4) is 0 Å². The van der Waals surface area contributed by atoms with Crippen molar-refractivity contribution >= 4 is 0 Å². The summed E-state index contributed by atoms with van der Waals surface area (Å²) in [6.07, 6.45) is 10.7. The molecule has 2 heteroatoms. The number of benzene rings is 3. The standard InChI is InChI=1S/C32H37O.Li/c1-3-27(25-24-26-16-14-15-17-26)31(4-2)33-32(28-18-8-5-9-19-28,29-20-10-6-11-21-29)30-22-12-7-13-23-30;/h2,4-13,18-23,26-27,31H,3,14-17,24-25H2,1H3;/q-1;+1. The Morgan fingerprint density at radius 3 is 1.65 bits per heavy atom. The molecular weight excluding hydrogens is 407 g/mol. The minimum Gasteiger partial charge on any atom is -0.515 e. The van der Waals surface area contributed by atoms with Gasteiger partial charge in [0.1, 0.15) is 5.60 Å². The largest absolute Gasteiger partial charge is 1.00 e. The van der Waals surface area contributed by atoms with Crippen molar-refractivity contribution in [2.75, 3.05) is 0 Å². The zero-order valence-corrected chi connectivity index (χ0v) is 20.9. The van der Waals surface area contributed by atoms with Crippen molar-refractivity contribution in [1.29, 1.82) is 0 Å². The van der Waals surface area contributed by atoms with Gasteiger partial charge in [0.15, 0.2) is 0 Å². The number of ether oxygens (including phenoxy) is 1. The van der Waals surface area contributed by atoms with Gasteiger partial charge >= 0.3 is 18.9 Å². The van der Waals surface area contributed by atoms with Gasteiger partial charge in [-0.1, -0.05) is 136 Å². The van der Waals surface area contributed by atoms with Crippen molar-refractivity contribution in [3.05, 3.63) is 120 Å². The Bertz CT molecular complexity index is 867. The molecule has 172 valence electrons. The van der Waals surface area contributed by atoms with Crippen LogP contribution in [0.15, 0.2) is 97.1 Å². The van der Waals surface area contributed by atoms with Gasteiger partial charge in [0.05, 0.1) is 0 Å². The second kappa shape index (κ2) is 13.2. The number of hydrogen-bond donors (Lipinski definition) is 0. The van der Waals surface area contributed by atoms with E-state index in [1.54, 1.807) is 6.08 Å². The van der Waals surface area contributed by atoms with Crippen LogP contribution >= 0.6 is 0 Å². The van der Waals surface area contributed by atoms with Gasteiger partial charge in [0.2, 0.25) is 0 Å². The van der Waals surface area contributed by atoms with Crippen LogP contribution in [-0.2, 0) is 10.3 Å². The number of rotatable bonds is 11. The van der Waals surface area contributed by atoms with E-state index in [1.807, 2.05) is 0 Å². The monoisotopic (exact) mass is 444 g/mol. The maximum absolute atomic E-state index is 7.23. The fourth-order valence-corrected chi connectivity index (χ4v) is 5.57. The molecule has 0 radical (unpaired) electrons. The van der Waals surface area contributed by atoms with E-state index in [4.69, 9.17) is 11.3 Å². The second-order valence-corrected chi connectivity index (χ2v) is 9.45. The Labute approximate surface area is 218 Å². The predicted octanol–water partition coefficient (Wildman–Crippen LogP) is 5.35. The minimum atomic E-state index is -0.731. The molecule has 0 aromatic heterocycles. The Hall–Kier alpha value is -2.04. The number of hydrogen-bond acceptors (Lipinski definition) is 1. The van der Waals surface area contributed by atoms with Crippen molar-refractivity contribution < 1.29 is 23.6 Å².